The molecule has 0 bridgehead atoms. The van der Waals surface area contributed by atoms with Gasteiger partial charge >= 0.3 is 0 Å². The van der Waals surface area contributed by atoms with Gasteiger partial charge in [0.1, 0.15) is 0 Å². The summed E-state index contributed by atoms with van der Waals surface area (Å²) in [5.74, 6) is -0.0467. The van der Waals surface area contributed by atoms with Crippen molar-refractivity contribution in [1.82, 2.24) is 5.32 Å². The molecule has 0 aromatic heterocycles. The molecule has 112 valence electrons. The zero-order valence-electron chi connectivity index (χ0n) is 11.6. The maximum Gasteiger partial charge on any atom is 0.233 e. The van der Waals surface area contributed by atoms with E-state index in [0.717, 1.165) is 4.90 Å². The number of hydrogen-bond donors (Lipinski definition) is 2. The molecule has 0 aliphatic rings. The Morgan fingerprint density at radius 1 is 1.45 bits per heavy atom. The molecule has 1 aromatic rings. The Labute approximate surface area is 128 Å². The number of nitrogens with one attached hydrogen (secondary N) is 1. The molecule has 1 aromatic carbocycles. The van der Waals surface area contributed by atoms with Crippen molar-refractivity contribution in [3.63, 3.8) is 0 Å². The number of ether oxygens (including phenoxy) is 1. The van der Waals surface area contributed by atoms with E-state index in [0.29, 0.717) is 18.0 Å². The van der Waals surface area contributed by atoms with E-state index in [1.54, 1.807) is 12.1 Å². The van der Waals surface area contributed by atoms with Gasteiger partial charge in [-0.25, -0.2) is 0 Å². The molecular formula is C14H20ClNO3S. The fourth-order valence-corrected chi connectivity index (χ4v) is 2.57. The molecule has 2 atom stereocenters. The van der Waals surface area contributed by atoms with Crippen molar-refractivity contribution in [2.24, 2.45) is 0 Å². The average Bonchev–Trinajstić information content (AvgIpc) is 2.41. The van der Waals surface area contributed by atoms with Crippen LogP contribution in [0.15, 0.2) is 29.2 Å². The van der Waals surface area contributed by atoms with Gasteiger partial charge in [-0.05, 0) is 37.6 Å². The Bertz CT molecular complexity index is 413. The number of benzene rings is 1. The van der Waals surface area contributed by atoms with Gasteiger partial charge in [0.05, 0.1) is 18.0 Å². The van der Waals surface area contributed by atoms with Crippen molar-refractivity contribution < 1.29 is 14.6 Å². The summed E-state index contributed by atoms with van der Waals surface area (Å²) in [7, 11) is 1.53. The zero-order chi connectivity index (χ0) is 15.0. The van der Waals surface area contributed by atoms with Gasteiger partial charge in [-0.3, -0.25) is 4.79 Å². The lowest BCUT2D eigenvalue weighted by Crippen LogP contribution is -2.33. The summed E-state index contributed by atoms with van der Waals surface area (Å²) in [6, 6.07) is 7.38. The highest BCUT2D eigenvalue weighted by Crippen LogP contribution is 2.24. The summed E-state index contributed by atoms with van der Waals surface area (Å²) in [5.41, 5.74) is 0. The van der Waals surface area contributed by atoms with Crippen LogP contribution in [-0.4, -0.2) is 42.6 Å². The maximum absolute atomic E-state index is 11.9. The summed E-state index contributed by atoms with van der Waals surface area (Å²) in [4.78, 5) is 12.9. The van der Waals surface area contributed by atoms with Crippen LogP contribution in [0.3, 0.4) is 0 Å². The van der Waals surface area contributed by atoms with Gasteiger partial charge in [-0.15, -0.1) is 11.8 Å². The minimum absolute atomic E-state index is 0.0467. The first-order chi connectivity index (χ1) is 9.52. The summed E-state index contributed by atoms with van der Waals surface area (Å²) in [6.45, 7) is 2.57. The standard InChI is InChI=1S/C14H20ClNO3S/c1-10(20-13-5-3-11(15)4-6-13)14(18)16-8-7-12(17)9-19-2/h3-6,10,12,17H,7-9H2,1-2H3,(H,16,18). The number of hydrogen-bond acceptors (Lipinski definition) is 4. The Morgan fingerprint density at radius 2 is 2.10 bits per heavy atom. The number of methoxy groups -OCH3 is 1. The van der Waals surface area contributed by atoms with Crippen LogP contribution < -0.4 is 5.32 Å². The number of carbonyl (C=O) groups excluding carboxylic acids is 1. The van der Waals surface area contributed by atoms with Gasteiger partial charge in [0.25, 0.3) is 0 Å². The second-order valence-electron chi connectivity index (χ2n) is 4.40. The van der Waals surface area contributed by atoms with E-state index >= 15 is 0 Å². The van der Waals surface area contributed by atoms with Crippen molar-refractivity contribution in [1.29, 1.82) is 0 Å². The number of amides is 1. The van der Waals surface area contributed by atoms with Crippen LogP contribution in [0.25, 0.3) is 0 Å². The smallest absolute Gasteiger partial charge is 0.233 e. The van der Waals surface area contributed by atoms with Gasteiger partial charge in [0, 0.05) is 23.6 Å². The molecule has 1 amide bonds. The normalized spacial score (nSPS) is 13.8. The summed E-state index contributed by atoms with van der Waals surface area (Å²) in [6.07, 6.45) is -0.0581. The van der Waals surface area contributed by atoms with Gasteiger partial charge in [0.15, 0.2) is 0 Å². The summed E-state index contributed by atoms with van der Waals surface area (Å²) < 4.78 is 4.82. The Kier molecular flexibility index (Phi) is 7.99. The maximum atomic E-state index is 11.9. The van der Waals surface area contributed by atoms with Crippen molar-refractivity contribution >= 4 is 29.3 Å². The number of aliphatic hydroxyl groups is 1. The van der Waals surface area contributed by atoms with E-state index in [9.17, 15) is 9.90 Å². The van der Waals surface area contributed by atoms with E-state index in [2.05, 4.69) is 5.32 Å². The van der Waals surface area contributed by atoms with Crippen molar-refractivity contribution in [2.45, 2.75) is 29.6 Å². The van der Waals surface area contributed by atoms with Crippen molar-refractivity contribution in [3.05, 3.63) is 29.3 Å². The lowest BCUT2D eigenvalue weighted by molar-refractivity contribution is -0.120. The number of rotatable bonds is 8. The molecule has 0 aliphatic carbocycles. The molecule has 2 unspecified atom stereocenters. The molecule has 0 fully saturated rings. The topological polar surface area (TPSA) is 58.6 Å². The lowest BCUT2D eigenvalue weighted by Gasteiger charge is -2.13. The predicted octanol–water partition coefficient (Wildman–Crippen LogP) is 2.33. The van der Waals surface area contributed by atoms with Crippen LogP contribution in [0.1, 0.15) is 13.3 Å². The zero-order valence-corrected chi connectivity index (χ0v) is 13.2. The first-order valence-electron chi connectivity index (χ1n) is 6.40. The monoisotopic (exact) mass is 317 g/mol. The molecule has 20 heavy (non-hydrogen) atoms. The first kappa shape index (κ1) is 17.3. The molecule has 0 saturated heterocycles. The van der Waals surface area contributed by atoms with Crippen LogP contribution in [0, 0.1) is 0 Å². The molecule has 0 heterocycles. The third kappa shape index (κ3) is 6.61. The minimum Gasteiger partial charge on any atom is -0.391 e. The van der Waals surface area contributed by atoms with Crippen molar-refractivity contribution in [3.8, 4) is 0 Å². The van der Waals surface area contributed by atoms with E-state index in [1.807, 2.05) is 19.1 Å². The quantitative estimate of drug-likeness (QED) is 0.723. The van der Waals surface area contributed by atoms with Crippen molar-refractivity contribution in [2.75, 3.05) is 20.3 Å². The number of carbonyl (C=O) groups is 1. The Balaban J connectivity index is 2.30. The highest BCUT2D eigenvalue weighted by Gasteiger charge is 2.14. The molecule has 0 spiro atoms. The van der Waals surface area contributed by atoms with E-state index in [4.69, 9.17) is 16.3 Å². The largest absolute Gasteiger partial charge is 0.391 e. The Hall–Kier alpha value is -0.750. The van der Waals surface area contributed by atoms with Crippen LogP contribution >= 0.6 is 23.4 Å². The van der Waals surface area contributed by atoms with Crippen LogP contribution in [0.4, 0.5) is 0 Å². The third-order valence-electron chi connectivity index (χ3n) is 2.63. The molecule has 0 radical (unpaired) electrons. The predicted molar refractivity (Wildman–Crippen MR) is 82.3 cm³/mol. The second kappa shape index (κ2) is 9.23. The fourth-order valence-electron chi connectivity index (χ4n) is 1.55. The van der Waals surface area contributed by atoms with Gasteiger partial charge < -0.3 is 15.2 Å². The van der Waals surface area contributed by atoms with Crippen LogP contribution in [0.2, 0.25) is 5.02 Å². The van der Waals surface area contributed by atoms with Gasteiger partial charge in [-0.1, -0.05) is 11.6 Å². The molecular weight excluding hydrogens is 298 g/mol. The molecule has 1 rings (SSSR count). The molecule has 0 aliphatic heterocycles. The van der Waals surface area contributed by atoms with E-state index in [-0.39, 0.29) is 17.8 Å². The highest BCUT2D eigenvalue weighted by atomic mass is 35.5. The fraction of sp³-hybridized carbons (Fsp3) is 0.500. The number of thioether (sulfide) groups is 1. The third-order valence-corrected chi connectivity index (χ3v) is 4.00. The molecule has 0 saturated carbocycles. The average molecular weight is 318 g/mol. The van der Waals surface area contributed by atoms with Crippen LogP contribution in [0.5, 0.6) is 0 Å². The summed E-state index contributed by atoms with van der Waals surface area (Å²) in [5, 5.41) is 12.8. The molecule has 2 N–H and O–H groups in total. The number of aliphatic hydroxyl groups excluding tert-OH is 1. The van der Waals surface area contributed by atoms with E-state index < -0.39 is 6.10 Å². The van der Waals surface area contributed by atoms with Gasteiger partial charge in [-0.2, -0.15) is 0 Å². The molecule has 4 nitrogen and oxygen atoms in total. The van der Waals surface area contributed by atoms with E-state index in [1.165, 1.54) is 18.9 Å². The minimum atomic E-state index is -0.542. The SMILES string of the molecule is COCC(O)CCNC(=O)C(C)Sc1ccc(Cl)cc1. The highest BCUT2D eigenvalue weighted by molar-refractivity contribution is 8.00. The Morgan fingerprint density at radius 3 is 2.70 bits per heavy atom. The summed E-state index contributed by atoms with van der Waals surface area (Å²) >= 11 is 7.28. The lowest BCUT2D eigenvalue weighted by atomic mass is 10.2. The number of halogens is 1. The first-order valence-corrected chi connectivity index (χ1v) is 7.65. The van der Waals surface area contributed by atoms with Crippen LogP contribution in [-0.2, 0) is 9.53 Å². The van der Waals surface area contributed by atoms with Gasteiger partial charge in [0.2, 0.25) is 5.91 Å². The second-order valence-corrected chi connectivity index (χ2v) is 6.25. The molecule has 6 heteroatoms.